The van der Waals surface area contributed by atoms with Crippen molar-refractivity contribution < 1.29 is 9.59 Å². The molecular weight excluding hydrogens is 454 g/mol. The number of hydrogen-bond acceptors (Lipinski definition) is 4. The third-order valence-electron chi connectivity index (χ3n) is 7.62. The summed E-state index contributed by atoms with van der Waals surface area (Å²) in [5.74, 6) is 0.465. The summed E-state index contributed by atoms with van der Waals surface area (Å²) in [4.78, 5) is 33.8. The molecule has 2 aliphatic heterocycles. The molecule has 1 saturated heterocycles. The Morgan fingerprint density at radius 3 is 2.51 bits per heavy atom. The summed E-state index contributed by atoms with van der Waals surface area (Å²) >= 11 is 1.85. The van der Waals surface area contributed by atoms with Crippen LogP contribution >= 0.6 is 11.3 Å². The molecule has 4 rings (SSSR count). The average Bonchev–Trinajstić information content (AvgIpc) is 3.34. The first-order valence-corrected chi connectivity index (χ1v) is 14.3. The maximum absolute atomic E-state index is 13.2. The SMILES string of the molecule is CCCCCCC(=O)N1CCN(C(=O)CCN2CCc3sccc3C2c2ccc(C)cc2)CC1C. The van der Waals surface area contributed by atoms with Crippen molar-refractivity contribution in [2.75, 3.05) is 32.7 Å². The number of fused-ring (bicyclic) bond motifs is 1. The molecule has 1 aromatic heterocycles. The number of hydrogen-bond donors (Lipinski definition) is 0. The molecule has 2 aliphatic rings. The van der Waals surface area contributed by atoms with E-state index in [0.717, 1.165) is 32.4 Å². The molecule has 2 unspecified atom stereocenters. The van der Waals surface area contributed by atoms with Crippen LogP contribution in [-0.2, 0) is 16.0 Å². The lowest BCUT2D eigenvalue weighted by atomic mass is 9.92. The Morgan fingerprint density at radius 2 is 1.77 bits per heavy atom. The number of benzene rings is 1. The Hall–Kier alpha value is -2.18. The molecule has 35 heavy (non-hydrogen) atoms. The molecule has 1 aromatic carbocycles. The fourth-order valence-electron chi connectivity index (χ4n) is 5.55. The molecule has 0 radical (unpaired) electrons. The summed E-state index contributed by atoms with van der Waals surface area (Å²) in [7, 11) is 0. The van der Waals surface area contributed by atoms with Gasteiger partial charge in [-0.3, -0.25) is 14.5 Å². The van der Waals surface area contributed by atoms with Crippen LogP contribution in [0.1, 0.15) is 80.0 Å². The van der Waals surface area contributed by atoms with Crippen molar-refractivity contribution in [1.29, 1.82) is 0 Å². The summed E-state index contributed by atoms with van der Waals surface area (Å²) in [6.45, 7) is 10.1. The lowest BCUT2D eigenvalue weighted by Gasteiger charge is -2.41. The van der Waals surface area contributed by atoms with E-state index in [1.165, 1.54) is 34.4 Å². The van der Waals surface area contributed by atoms with E-state index >= 15 is 0 Å². The summed E-state index contributed by atoms with van der Waals surface area (Å²) in [6.07, 6.45) is 6.70. The number of nitrogens with zero attached hydrogens (tertiary/aromatic N) is 3. The van der Waals surface area contributed by atoms with Gasteiger partial charge in [0.25, 0.3) is 0 Å². The van der Waals surface area contributed by atoms with Gasteiger partial charge in [0.2, 0.25) is 11.8 Å². The minimum atomic E-state index is 0.0926. The van der Waals surface area contributed by atoms with Gasteiger partial charge in [-0.25, -0.2) is 0 Å². The molecule has 2 aromatic rings. The van der Waals surface area contributed by atoms with E-state index < -0.39 is 0 Å². The highest BCUT2D eigenvalue weighted by Crippen LogP contribution is 2.37. The van der Waals surface area contributed by atoms with Crippen molar-refractivity contribution in [1.82, 2.24) is 14.7 Å². The number of carbonyl (C=O) groups excluding carboxylic acids is 2. The monoisotopic (exact) mass is 495 g/mol. The van der Waals surface area contributed by atoms with Gasteiger partial charge < -0.3 is 9.80 Å². The largest absolute Gasteiger partial charge is 0.339 e. The van der Waals surface area contributed by atoms with Crippen LogP contribution in [-0.4, -0.2) is 65.3 Å². The predicted octanol–water partition coefficient (Wildman–Crippen LogP) is 5.42. The fourth-order valence-corrected chi connectivity index (χ4v) is 6.45. The molecule has 1 fully saturated rings. The first kappa shape index (κ1) is 25.9. The molecule has 5 nitrogen and oxygen atoms in total. The standard InChI is InChI=1S/C29H41N3O2S/c1-4-5-6-7-8-28(34)32-19-18-31(21-23(32)3)27(33)14-17-30-16-13-26-25(15-20-35-26)29(30)24-11-9-22(2)10-12-24/h9-12,15,20,23,29H,4-8,13-14,16-19,21H2,1-3H3. The van der Waals surface area contributed by atoms with Crippen molar-refractivity contribution in [3.63, 3.8) is 0 Å². The Kier molecular flexibility index (Phi) is 9.01. The van der Waals surface area contributed by atoms with Crippen molar-refractivity contribution in [3.8, 4) is 0 Å². The van der Waals surface area contributed by atoms with Gasteiger partial charge in [-0.05, 0) is 49.3 Å². The van der Waals surface area contributed by atoms with E-state index in [2.05, 4.69) is 61.4 Å². The minimum Gasteiger partial charge on any atom is -0.339 e. The third kappa shape index (κ3) is 6.34. The number of unbranched alkanes of at least 4 members (excludes halogenated alkanes) is 3. The minimum absolute atomic E-state index is 0.0926. The molecule has 2 atom stereocenters. The highest BCUT2D eigenvalue weighted by Gasteiger charge is 2.32. The second kappa shape index (κ2) is 12.2. The highest BCUT2D eigenvalue weighted by atomic mass is 32.1. The van der Waals surface area contributed by atoms with E-state index in [-0.39, 0.29) is 23.9 Å². The smallest absolute Gasteiger partial charge is 0.223 e. The van der Waals surface area contributed by atoms with Crippen molar-refractivity contribution in [2.24, 2.45) is 0 Å². The Bertz CT molecular complexity index is 986. The number of thiophene rings is 1. The summed E-state index contributed by atoms with van der Waals surface area (Å²) < 4.78 is 0. The quantitative estimate of drug-likeness (QED) is 0.436. The van der Waals surface area contributed by atoms with Crippen molar-refractivity contribution in [3.05, 3.63) is 57.3 Å². The van der Waals surface area contributed by atoms with E-state index in [4.69, 9.17) is 0 Å². The van der Waals surface area contributed by atoms with Crippen LogP contribution in [0.3, 0.4) is 0 Å². The lowest BCUT2D eigenvalue weighted by Crippen LogP contribution is -2.55. The van der Waals surface area contributed by atoms with E-state index in [9.17, 15) is 9.59 Å². The maximum Gasteiger partial charge on any atom is 0.223 e. The van der Waals surface area contributed by atoms with E-state index in [1.807, 2.05) is 21.1 Å². The van der Waals surface area contributed by atoms with E-state index in [0.29, 0.717) is 32.5 Å². The lowest BCUT2D eigenvalue weighted by molar-refractivity contribution is -0.142. The zero-order chi connectivity index (χ0) is 24.8. The molecule has 0 N–H and O–H groups in total. The van der Waals surface area contributed by atoms with Crippen LogP contribution in [0.5, 0.6) is 0 Å². The summed E-state index contributed by atoms with van der Waals surface area (Å²) in [5, 5.41) is 2.20. The van der Waals surface area contributed by atoms with Crippen molar-refractivity contribution in [2.45, 2.75) is 77.8 Å². The molecule has 0 bridgehead atoms. The van der Waals surface area contributed by atoms with Gasteiger partial charge in [0, 0.05) is 56.5 Å². The van der Waals surface area contributed by atoms with Gasteiger partial charge in [-0.1, -0.05) is 56.0 Å². The molecule has 0 spiro atoms. The second-order valence-electron chi connectivity index (χ2n) is 10.2. The fraction of sp³-hybridized carbons (Fsp3) is 0.586. The van der Waals surface area contributed by atoms with Gasteiger partial charge in [-0.2, -0.15) is 0 Å². The zero-order valence-electron chi connectivity index (χ0n) is 21.7. The normalized spacial score (nSPS) is 20.7. The van der Waals surface area contributed by atoms with Gasteiger partial charge in [-0.15, -0.1) is 11.3 Å². The van der Waals surface area contributed by atoms with Gasteiger partial charge in [0.05, 0.1) is 6.04 Å². The number of amides is 2. The van der Waals surface area contributed by atoms with E-state index in [1.54, 1.807) is 0 Å². The second-order valence-corrected chi connectivity index (χ2v) is 11.2. The van der Waals surface area contributed by atoms with Crippen LogP contribution in [0, 0.1) is 6.92 Å². The number of rotatable bonds is 9. The molecule has 2 amide bonds. The topological polar surface area (TPSA) is 43.9 Å². The first-order chi connectivity index (χ1) is 17.0. The van der Waals surface area contributed by atoms with Crippen LogP contribution in [0.2, 0.25) is 0 Å². The van der Waals surface area contributed by atoms with Crippen LogP contribution in [0.4, 0.5) is 0 Å². The number of carbonyl (C=O) groups is 2. The number of piperazine rings is 1. The first-order valence-electron chi connectivity index (χ1n) is 13.4. The zero-order valence-corrected chi connectivity index (χ0v) is 22.5. The predicted molar refractivity (Wildman–Crippen MR) is 144 cm³/mol. The highest BCUT2D eigenvalue weighted by molar-refractivity contribution is 7.10. The Balaban J connectivity index is 1.32. The molecule has 0 aliphatic carbocycles. The average molecular weight is 496 g/mol. The third-order valence-corrected chi connectivity index (χ3v) is 8.61. The maximum atomic E-state index is 13.2. The molecule has 3 heterocycles. The van der Waals surface area contributed by atoms with Crippen molar-refractivity contribution >= 4 is 23.2 Å². The number of aryl methyl sites for hydroxylation is 1. The van der Waals surface area contributed by atoms with Crippen LogP contribution in [0.25, 0.3) is 0 Å². The molecule has 190 valence electrons. The van der Waals surface area contributed by atoms with Gasteiger partial charge in [0.1, 0.15) is 0 Å². The molecule has 0 saturated carbocycles. The summed E-state index contributed by atoms with van der Waals surface area (Å²) in [6, 6.07) is 11.4. The summed E-state index contributed by atoms with van der Waals surface area (Å²) in [5.41, 5.74) is 3.98. The van der Waals surface area contributed by atoms with Crippen LogP contribution < -0.4 is 0 Å². The van der Waals surface area contributed by atoms with Gasteiger partial charge in [0.15, 0.2) is 0 Å². The molecular formula is C29H41N3O2S. The molecule has 6 heteroatoms. The van der Waals surface area contributed by atoms with Gasteiger partial charge >= 0.3 is 0 Å². The Morgan fingerprint density at radius 1 is 0.971 bits per heavy atom. The van der Waals surface area contributed by atoms with Crippen LogP contribution in [0.15, 0.2) is 35.7 Å². The Labute approximate surface area is 215 Å².